The number of nitrogens with one attached hydrogen (secondary N) is 1. The Bertz CT molecular complexity index is 287. The minimum absolute atomic E-state index is 0.0233. The molecular weight excluding hydrogens is 208 g/mol. The molecule has 1 N–H and O–H groups in total. The van der Waals surface area contributed by atoms with Crippen molar-refractivity contribution in [2.75, 3.05) is 0 Å². The van der Waals surface area contributed by atoms with E-state index in [9.17, 15) is 8.78 Å². The molecule has 0 amide bonds. The molecule has 1 aromatic carbocycles. The molecule has 1 rings (SSSR count). The first-order valence-electron chi connectivity index (χ1n) is 5.74. The van der Waals surface area contributed by atoms with Gasteiger partial charge in [0.15, 0.2) is 0 Å². The van der Waals surface area contributed by atoms with Gasteiger partial charge in [0.2, 0.25) is 0 Å². The Morgan fingerprint density at radius 2 is 1.81 bits per heavy atom. The van der Waals surface area contributed by atoms with Crippen molar-refractivity contribution >= 4 is 0 Å². The predicted molar refractivity (Wildman–Crippen MR) is 62.7 cm³/mol. The van der Waals surface area contributed by atoms with Crippen molar-refractivity contribution in [3.63, 3.8) is 0 Å². The summed E-state index contributed by atoms with van der Waals surface area (Å²) in [6.45, 7) is 3.58. The fraction of sp³-hybridized carbons (Fsp3) is 0.538. The molecule has 1 aromatic rings. The molecule has 0 aromatic heterocycles. The molecule has 0 radical (unpaired) electrons. The van der Waals surface area contributed by atoms with Crippen molar-refractivity contribution in [3.8, 4) is 0 Å². The van der Waals surface area contributed by atoms with Gasteiger partial charge in [-0.3, -0.25) is 0 Å². The van der Waals surface area contributed by atoms with Crippen molar-refractivity contribution in [1.82, 2.24) is 5.32 Å². The summed E-state index contributed by atoms with van der Waals surface area (Å²) in [5, 5.41) is 2.98. The zero-order valence-electron chi connectivity index (χ0n) is 9.79. The lowest BCUT2D eigenvalue weighted by Crippen LogP contribution is -2.35. The zero-order chi connectivity index (χ0) is 12.0. The first kappa shape index (κ1) is 13.1. The Hall–Kier alpha value is -0.960. The summed E-state index contributed by atoms with van der Waals surface area (Å²) < 4.78 is 25.0. The maximum atomic E-state index is 12.5. The molecule has 90 valence electrons. The van der Waals surface area contributed by atoms with Crippen LogP contribution in [-0.4, -0.2) is 12.5 Å². The minimum Gasteiger partial charge on any atom is -0.302 e. The largest absolute Gasteiger partial charge is 0.302 e. The highest BCUT2D eigenvalue weighted by molar-refractivity contribution is 5.18. The van der Waals surface area contributed by atoms with Crippen LogP contribution in [0.15, 0.2) is 30.3 Å². The smallest absolute Gasteiger partial charge is 0.253 e. The molecule has 0 aliphatic carbocycles. The summed E-state index contributed by atoms with van der Waals surface area (Å²) in [5.74, 6) is 0. The summed E-state index contributed by atoms with van der Waals surface area (Å²) in [6, 6.07) is 9.02. The third kappa shape index (κ3) is 3.89. The van der Waals surface area contributed by atoms with Crippen LogP contribution < -0.4 is 5.32 Å². The molecule has 0 spiro atoms. The van der Waals surface area contributed by atoms with Gasteiger partial charge in [-0.15, -0.1) is 0 Å². The van der Waals surface area contributed by atoms with E-state index in [0.717, 1.165) is 18.4 Å². The van der Waals surface area contributed by atoms with E-state index in [1.165, 1.54) is 6.92 Å². The van der Waals surface area contributed by atoms with E-state index in [1.807, 2.05) is 30.3 Å². The highest BCUT2D eigenvalue weighted by atomic mass is 19.3. The molecule has 1 nitrogen and oxygen atoms in total. The van der Waals surface area contributed by atoms with Crippen LogP contribution in [-0.2, 0) is 0 Å². The Morgan fingerprint density at radius 1 is 1.19 bits per heavy atom. The predicted octanol–water partition coefficient (Wildman–Crippen LogP) is 3.77. The third-order valence-electron chi connectivity index (χ3n) is 2.62. The summed E-state index contributed by atoms with van der Waals surface area (Å²) >= 11 is 0. The van der Waals surface area contributed by atoms with Crippen molar-refractivity contribution < 1.29 is 8.78 Å². The molecule has 3 heteroatoms. The quantitative estimate of drug-likeness (QED) is 0.780. The third-order valence-corrected chi connectivity index (χ3v) is 2.62. The van der Waals surface area contributed by atoms with Crippen LogP contribution in [0.4, 0.5) is 8.78 Å². The Balaban J connectivity index is 2.68. The van der Waals surface area contributed by atoms with Crippen molar-refractivity contribution in [1.29, 1.82) is 0 Å². The van der Waals surface area contributed by atoms with Gasteiger partial charge >= 0.3 is 0 Å². The molecule has 0 heterocycles. The number of alkyl halides is 2. The van der Waals surface area contributed by atoms with Crippen LogP contribution in [0.3, 0.4) is 0 Å². The van der Waals surface area contributed by atoms with E-state index in [-0.39, 0.29) is 6.04 Å². The van der Waals surface area contributed by atoms with Gasteiger partial charge in [-0.2, -0.15) is 0 Å². The van der Waals surface area contributed by atoms with Gasteiger partial charge in [0.1, 0.15) is 0 Å². The molecule has 0 bridgehead atoms. The van der Waals surface area contributed by atoms with Crippen LogP contribution in [0.25, 0.3) is 0 Å². The highest BCUT2D eigenvalue weighted by Crippen LogP contribution is 2.19. The summed E-state index contributed by atoms with van der Waals surface area (Å²) in [4.78, 5) is 0. The van der Waals surface area contributed by atoms with Crippen LogP contribution in [0.1, 0.15) is 38.3 Å². The molecule has 0 saturated heterocycles. The van der Waals surface area contributed by atoms with Gasteiger partial charge in [0, 0.05) is 6.04 Å². The summed E-state index contributed by atoms with van der Waals surface area (Å²) in [6.07, 6.45) is -0.466. The van der Waals surface area contributed by atoms with Crippen molar-refractivity contribution in [2.24, 2.45) is 0 Å². The Morgan fingerprint density at radius 3 is 2.31 bits per heavy atom. The lowest BCUT2D eigenvalue weighted by atomic mass is 10.0. The van der Waals surface area contributed by atoms with Gasteiger partial charge in [0.25, 0.3) is 6.43 Å². The SMILES string of the molecule is CCCC(NC(C)C(F)F)c1ccccc1. The van der Waals surface area contributed by atoms with Gasteiger partial charge in [-0.1, -0.05) is 43.7 Å². The fourth-order valence-corrected chi connectivity index (χ4v) is 1.71. The monoisotopic (exact) mass is 227 g/mol. The Labute approximate surface area is 95.9 Å². The number of halogens is 2. The van der Waals surface area contributed by atoms with E-state index >= 15 is 0 Å². The van der Waals surface area contributed by atoms with E-state index in [2.05, 4.69) is 12.2 Å². The number of benzene rings is 1. The molecule has 16 heavy (non-hydrogen) atoms. The van der Waals surface area contributed by atoms with E-state index in [4.69, 9.17) is 0 Å². The summed E-state index contributed by atoms with van der Waals surface area (Å²) in [5.41, 5.74) is 1.08. The number of hydrogen-bond acceptors (Lipinski definition) is 1. The highest BCUT2D eigenvalue weighted by Gasteiger charge is 2.19. The zero-order valence-corrected chi connectivity index (χ0v) is 9.79. The van der Waals surface area contributed by atoms with Gasteiger partial charge < -0.3 is 5.32 Å². The lowest BCUT2D eigenvalue weighted by Gasteiger charge is -2.23. The second-order valence-electron chi connectivity index (χ2n) is 4.04. The second kappa shape index (κ2) is 6.59. The van der Waals surface area contributed by atoms with Crippen LogP contribution >= 0.6 is 0 Å². The maximum Gasteiger partial charge on any atom is 0.253 e. The average molecular weight is 227 g/mol. The van der Waals surface area contributed by atoms with E-state index < -0.39 is 12.5 Å². The van der Waals surface area contributed by atoms with E-state index in [1.54, 1.807) is 0 Å². The molecule has 0 aliphatic heterocycles. The average Bonchev–Trinajstić information content (AvgIpc) is 2.29. The standard InChI is InChI=1S/C13H19F2N/c1-3-7-12(16-10(2)13(14)15)11-8-5-4-6-9-11/h4-6,8-10,12-13,16H,3,7H2,1-2H3. The minimum atomic E-state index is -2.32. The van der Waals surface area contributed by atoms with Crippen LogP contribution in [0, 0.1) is 0 Å². The van der Waals surface area contributed by atoms with Gasteiger partial charge in [-0.25, -0.2) is 8.78 Å². The maximum absolute atomic E-state index is 12.5. The summed E-state index contributed by atoms with van der Waals surface area (Å²) in [7, 11) is 0. The van der Waals surface area contributed by atoms with Crippen LogP contribution in [0.2, 0.25) is 0 Å². The number of hydrogen-bond donors (Lipinski definition) is 1. The van der Waals surface area contributed by atoms with Crippen molar-refractivity contribution in [2.45, 2.75) is 45.2 Å². The molecule has 0 aliphatic rings. The van der Waals surface area contributed by atoms with Crippen LogP contribution in [0.5, 0.6) is 0 Å². The number of rotatable bonds is 6. The molecule has 0 saturated carbocycles. The second-order valence-corrected chi connectivity index (χ2v) is 4.04. The first-order chi connectivity index (χ1) is 7.65. The van der Waals surface area contributed by atoms with Gasteiger partial charge in [-0.05, 0) is 18.9 Å². The van der Waals surface area contributed by atoms with E-state index in [0.29, 0.717) is 0 Å². The molecule has 2 unspecified atom stereocenters. The molecule has 0 fully saturated rings. The Kier molecular flexibility index (Phi) is 5.39. The van der Waals surface area contributed by atoms with Crippen molar-refractivity contribution in [3.05, 3.63) is 35.9 Å². The molecular formula is C13H19F2N. The molecule has 2 atom stereocenters. The van der Waals surface area contributed by atoms with Gasteiger partial charge in [0.05, 0.1) is 6.04 Å². The fourth-order valence-electron chi connectivity index (χ4n) is 1.71. The normalized spacial score (nSPS) is 15.1. The topological polar surface area (TPSA) is 12.0 Å². The first-order valence-corrected chi connectivity index (χ1v) is 5.74. The lowest BCUT2D eigenvalue weighted by molar-refractivity contribution is 0.0990.